The van der Waals surface area contributed by atoms with Gasteiger partial charge in [0.1, 0.15) is 10.8 Å². The molecule has 0 spiro atoms. The van der Waals surface area contributed by atoms with Crippen LogP contribution >= 0.6 is 11.3 Å². The second kappa shape index (κ2) is 6.19. The third-order valence-corrected chi connectivity index (χ3v) is 3.32. The summed E-state index contributed by atoms with van der Waals surface area (Å²) in [7, 11) is 1.62. The number of anilines is 1. The Kier molecular flexibility index (Phi) is 4.35. The lowest BCUT2D eigenvalue weighted by atomic mass is 10.3. The van der Waals surface area contributed by atoms with Crippen molar-refractivity contribution in [3.05, 3.63) is 40.3 Å². The van der Waals surface area contributed by atoms with Gasteiger partial charge < -0.3 is 15.8 Å². The van der Waals surface area contributed by atoms with Gasteiger partial charge in [0.25, 0.3) is 0 Å². The summed E-state index contributed by atoms with van der Waals surface area (Å²) in [4.78, 5) is 9.65. The highest BCUT2D eigenvalue weighted by Crippen LogP contribution is 2.22. The molecule has 0 bridgehead atoms. The van der Waals surface area contributed by atoms with Crippen LogP contribution in [0.3, 0.4) is 0 Å². The summed E-state index contributed by atoms with van der Waals surface area (Å²) in [5.74, 6) is 1.07. The van der Waals surface area contributed by atoms with Gasteiger partial charge in [0.15, 0.2) is 5.96 Å². The first-order chi connectivity index (χ1) is 9.19. The molecule has 2 rings (SSSR count). The number of nitrogens with two attached hydrogens (primary N) is 1. The monoisotopic (exact) mass is 276 g/mol. The molecule has 1 aromatic carbocycles. The fourth-order valence-corrected chi connectivity index (χ4v) is 2.26. The maximum Gasteiger partial charge on any atom is 0.193 e. The number of hydrogen-bond acceptors (Lipinski definition) is 4. The third-order valence-electron chi connectivity index (χ3n) is 2.42. The van der Waals surface area contributed by atoms with Gasteiger partial charge in [-0.05, 0) is 19.1 Å². The average Bonchev–Trinajstić information content (AvgIpc) is 2.83. The number of aliphatic imine (C=N–C) groups is 1. The number of hydrogen-bond donors (Lipinski definition) is 2. The van der Waals surface area contributed by atoms with Crippen LogP contribution in [0.1, 0.15) is 9.88 Å². The zero-order valence-corrected chi connectivity index (χ0v) is 11.7. The predicted octanol–water partition coefficient (Wildman–Crippen LogP) is 2.39. The van der Waals surface area contributed by atoms with Crippen LogP contribution in [-0.4, -0.2) is 18.1 Å². The van der Waals surface area contributed by atoms with E-state index in [4.69, 9.17) is 10.5 Å². The van der Waals surface area contributed by atoms with Crippen molar-refractivity contribution in [2.75, 3.05) is 12.4 Å². The Hall–Kier alpha value is -2.08. The lowest BCUT2D eigenvalue weighted by Gasteiger charge is -2.09. The van der Waals surface area contributed by atoms with E-state index in [1.807, 2.05) is 37.4 Å². The molecule has 0 atom stereocenters. The molecule has 5 nitrogen and oxygen atoms in total. The first-order valence-electron chi connectivity index (χ1n) is 5.80. The fraction of sp³-hybridized carbons (Fsp3) is 0.231. The number of aromatic nitrogens is 1. The van der Waals surface area contributed by atoms with Crippen molar-refractivity contribution in [1.82, 2.24) is 4.98 Å². The molecule has 1 aromatic heterocycles. The number of aryl methyl sites for hydroxylation is 1. The van der Waals surface area contributed by atoms with Gasteiger partial charge in [0.05, 0.1) is 19.3 Å². The van der Waals surface area contributed by atoms with Crippen LogP contribution in [0.25, 0.3) is 0 Å². The number of nitrogens with zero attached hydrogens (tertiary/aromatic N) is 2. The number of rotatable bonds is 4. The Labute approximate surface area is 116 Å². The van der Waals surface area contributed by atoms with Crippen molar-refractivity contribution in [2.45, 2.75) is 13.5 Å². The molecule has 0 aliphatic heterocycles. The standard InChI is InChI=1S/C13H16N4OS/c1-9-7-15-12(19-9)8-16-13(14)17-10-5-3-4-6-11(10)18-2/h3-7H,8H2,1-2H3,(H3,14,16,17). The second-order valence-electron chi connectivity index (χ2n) is 3.89. The van der Waals surface area contributed by atoms with Crippen LogP contribution in [0.4, 0.5) is 5.69 Å². The number of benzene rings is 1. The normalized spacial score (nSPS) is 11.4. The topological polar surface area (TPSA) is 72.5 Å². The summed E-state index contributed by atoms with van der Waals surface area (Å²) in [5.41, 5.74) is 6.64. The van der Waals surface area contributed by atoms with Gasteiger partial charge in [-0.1, -0.05) is 12.1 Å². The molecule has 100 valence electrons. The summed E-state index contributed by atoms with van der Waals surface area (Å²) < 4.78 is 5.23. The minimum absolute atomic E-state index is 0.345. The molecule has 0 saturated heterocycles. The molecule has 0 radical (unpaired) electrons. The Morgan fingerprint density at radius 3 is 2.95 bits per heavy atom. The molecule has 3 N–H and O–H groups in total. The maximum absolute atomic E-state index is 5.84. The van der Waals surface area contributed by atoms with Gasteiger partial charge >= 0.3 is 0 Å². The van der Waals surface area contributed by atoms with E-state index >= 15 is 0 Å². The average molecular weight is 276 g/mol. The molecule has 0 aliphatic carbocycles. The first-order valence-corrected chi connectivity index (χ1v) is 6.62. The molecule has 19 heavy (non-hydrogen) atoms. The molecule has 6 heteroatoms. The van der Waals surface area contributed by atoms with Crippen LogP contribution in [0.2, 0.25) is 0 Å². The van der Waals surface area contributed by atoms with Gasteiger partial charge in [-0.15, -0.1) is 11.3 Å². The van der Waals surface area contributed by atoms with Crippen molar-refractivity contribution in [2.24, 2.45) is 10.7 Å². The largest absolute Gasteiger partial charge is 0.495 e. The van der Waals surface area contributed by atoms with Crippen molar-refractivity contribution in [3.8, 4) is 5.75 Å². The van der Waals surface area contributed by atoms with Gasteiger partial charge in [0, 0.05) is 11.1 Å². The minimum atomic E-state index is 0.345. The highest BCUT2D eigenvalue weighted by Gasteiger charge is 2.03. The van der Waals surface area contributed by atoms with Gasteiger partial charge in [-0.25, -0.2) is 9.98 Å². The number of ether oxygens (including phenoxy) is 1. The van der Waals surface area contributed by atoms with Crippen LogP contribution < -0.4 is 15.8 Å². The highest BCUT2D eigenvalue weighted by molar-refractivity contribution is 7.11. The fourth-order valence-electron chi connectivity index (χ4n) is 1.55. The zero-order chi connectivity index (χ0) is 13.7. The van der Waals surface area contributed by atoms with E-state index in [1.54, 1.807) is 18.4 Å². The van der Waals surface area contributed by atoms with Gasteiger partial charge in [-0.3, -0.25) is 0 Å². The van der Waals surface area contributed by atoms with Gasteiger partial charge in [0.2, 0.25) is 0 Å². The Balaban J connectivity index is 2.02. The molecule has 0 amide bonds. The number of guanidine groups is 1. The molecule has 0 saturated carbocycles. The van der Waals surface area contributed by atoms with E-state index < -0.39 is 0 Å². The van der Waals surface area contributed by atoms with Crippen LogP contribution in [0.5, 0.6) is 5.75 Å². The summed E-state index contributed by atoms with van der Waals surface area (Å²) in [6.07, 6.45) is 1.83. The summed E-state index contributed by atoms with van der Waals surface area (Å²) in [6.45, 7) is 2.49. The molecule has 0 unspecified atom stereocenters. The SMILES string of the molecule is COc1ccccc1NC(N)=NCc1ncc(C)s1. The maximum atomic E-state index is 5.84. The van der Waals surface area contributed by atoms with E-state index in [2.05, 4.69) is 15.3 Å². The van der Waals surface area contributed by atoms with E-state index in [9.17, 15) is 0 Å². The molecular formula is C13H16N4OS. The first kappa shape index (κ1) is 13.4. The van der Waals surface area contributed by atoms with E-state index in [-0.39, 0.29) is 0 Å². The molecule has 2 aromatic rings. The summed E-state index contributed by atoms with van der Waals surface area (Å²) in [5, 5.41) is 3.96. The Morgan fingerprint density at radius 1 is 1.47 bits per heavy atom. The predicted molar refractivity (Wildman–Crippen MR) is 78.8 cm³/mol. The lowest BCUT2D eigenvalue weighted by Crippen LogP contribution is -2.22. The third kappa shape index (κ3) is 3.69. The van der Waals surface area contributed by atoms with E-state index in [0.29, 0.717) is 12.5 Å². The minimum Gasteiger partial charge on any atom is -0.495 e. The van der Waals surface area contributed by atoms with Gasteiger partial charge in [-0.2, -0.15) is 0 Å². The number of para-hydroxylation sites is 2. The molecular weight excluding hydrogens is 260 g/mol. The van der Waals surface area contributed by atoms with Crippen LogP contribution in [0.15, 0.2) is 35.5 Å². The number of nitrogens with one attached hydrogen (secondary N) is 1. The Morgan fingerprint density at radius 2 is 2.26 bits per heavy atom. The van der Waals surface area contributed by atoms with Crippen LogP contribution in [0, 0.1) is 6.92 Å². The van der Waals surface area contributed by atoms with Crippen molar-refractivity contribution < 1.29 is 4.74 Å². The van der Waals surface area contributed by atoms with Crippen molar-refractivity contribution >= 4 is 23.0 Å². The van der Waals surface area contributed by atoms with Crippen molar-refractivity contribution in [1.29, 1.82) is 0 Å². The summed E-state index contributed by atoms with van der Waals surface area (Å²) in [6, 6.07) is 7.55. The molecule has 1 heterocycles. The van der Waals surface area contributed by atoms with Crippen molar-refractivity contribution in [3.63, 3.8) is 0 Å². The molecule has 0 fully saturated rings. The number of methoxy groups -OCH3 is 1. The van der Waals surface area contributed by atoms with E-state index in [0.717, 1.165) is 16.4 Å². The number of thiazole rings is 1. The van der Waals surface area contributed by atoms with E-state index in [1.165, 1.54) is 4.88 Å². The quantitative estimate of drug-likeness (QED) is 0.664. The van der Waals surface area contributed by atoms with Crippen LogP contribution in [-0.2, 0) is 6.54 Å². The smallest absolute Gasteiger partial charge is 0.193 e. The molecule has 0 aliphatic rings. The lowest BCUT2D eigenvalue weighted by molar-refractivity contribution is 0.417. The second-order valence-corrected chi connectivity index (χ2v) is 5.21. The Bertz CT molecular complexity index is 580. The highest BCUT2D eigenvalue weighted by atomic mass is 32.1. The zero-order valence-electron chi connectivity index (χ0n) is 10.9. The summed E-state index contributed by atoms with van der Waals surface area (Å²) >= 11 is 1.62.